The van der Waals surface area contributed by atoms with E-state index in [0.717, 1.165) is 0 Å². The summed E-state index contributed by atoms with van der Waals surface area (Å²) in [5.41, 5.74) is 0.300. The lowest BCUT2D eigenvalue weighted by Gasteiger charge is -2.05. The van der Waals surface area contributed by atoms with E-state index in [2.05, 4.69) is 10.2 Å². The van der Waals surface area contributed by atoms with Crippen LogP contribution in [0.3, 0.4) is 0 Å². The molecule has 0 aliphatic rings. The van der Waals surface area contributed by atoms with E-state index in [1.165, 1.54) is 26.8 Å². The van der Waals surface area contributed by atoms with E-state index in [1.807, 2.05) is 0 Å². The van der Waals surface area contributed by atoms with Crippen molar-refractivity contribution in [2.45, 2.75) is 30.8 Å². The zero-order valence-corrected chi connectivity index (χ0v) is 11.5. The van der Waals surface area contributed by atoms with Crippen molar-refractivity contribution in [2.24, 2.45) is 0 Å². The zero-order chi connectivity index (χ0) is 13.3. The van der Waals surface area contributed by atoms with Crippen LogP contribution in [0.5, 0.6) is 0 Å². The fourth-order valence-electron chi connectivity index (χ4n) is 1.19. The highest BCUT2D eigenvalue weighted by molar-refractivity contribution is 7.91. The number of hydrogen-bond donors (Lipinski definition) is 0. The molecule has 1 aromatic heterocycles. The first-order chi connectivity index (χ1) is 7.74. The monoisotopic (exact) mass is 278 g/mol. The largest absolute Gasteiger partial charge is 0.222 e. The Labute approximate surface area is 101 Å². The molecule has 0 bridgehead atoms. The molecule has 0 saturated carbocycles. The molecule has 6 nitrogen and oxygen atoms in total. The van der Waals surface area contributed by atoms with Crippen LogP contribution >= 0.6 is 0 Å². The number of aromatic nitrogens is 2. The van der Waals surface area contributed by atoms with Crippen LogP contribution in [0.25, 0.3) is 0 Å². The number of aryl methyl sites for hydroxylation is 1. The Bertz CT molecular complexity index is 620. The van der Waals surface area contributed by atoms with Crippen LogP contribution in [0.4, 0.5) is 0 Å². The fourth-order valence-corrected chi connectivity index (χ4v) is 3.00. The van der Waals surface area contributed by atoms with E-state index in [1.54, 1.807) is 0 Å². The van der Waals surface area contributed by atoms with E-state index in [0.29, 0.717) is 5.56 Å². The molecular weight excluding hydrogens is 264 g/mol. The van der Waals surface area contributed by atoms with Crippen LogP contribution in [0.1, 0.15) is 19.4 Å². The normalized spacial score (nSPS) is 12.6. The first-order valence-electron chi connectivity index (χ1n) is 5.04. The molecule has 0 fully saturated rings. The topological polar surface area (TPSA) is 94.1 Å². The molecular formula is C9H14N2O4S2. The molecule has 0 N–H and O–H groups in total. The first-order valence-corrected chi connectivity index (χ1v) is 8.35. The van der Waals surface area contributed by atoms with Crippen LogP contribution in [-0.4, -0.2) is 38.5 Å². The van der Waals surface area contributed by atoms with Gasteiger partial charge in [0.25, 0.3) is 0 Å². The minimum absolute atomic E-state index is 0.0948. The SMILES string of the molecule is CCS(=O)(=O)c1cc(C)c(S(=O)(=O)CC)nn1. The van der Waals surface area contributed by atoms with Crippen molar-refractivity contribution in [2.75, 3.05) is 11.5 Å². The van der Waals surface area contributed by atoms with Crippen LogP contribution < -0.4 is 0 Å². The van der Waals surface area contributed by atoms with Gasteiger partial charge in [0.1, 0.15) is 0 Å². The van der Waals surface area contributed by atoms with Gasteiger partial charge in [-0.25, -0.2) is 16.8 Å². The molecule has 1 rings (SSSR count). The number of nitrogens with zero attached hydrogens (tertiary/aromatic N) is 2. The van der Waals surface area contributed by atoms with Crippen molar-refractivity contribution in [3.63, 3.8) is 0 Å². The molecule has 0 amide bonds. The van der Waals surface area contributed by atoms with Crippen molar-refractivity contribution in [1.29, 1.82) is 0 Å². The van der Waals surface area contributed by atoms with E-state index in [-0.39, 0.29) is 21.6 Å². The van der Waals surface area contributed by atoms with Crippen LogP contribution in [-0.2, 0) is 19.7 Å². The van der Waals surface area contributed by atoms with E-state index in [9.17, 15) is 16.8 Å². The number of sulfone groups is 2. The zero-order valence-electron chi connectivity index (χ0n) is 9.84. The van der Waals surface area contributed by atoms with Gasteiger partial charge in [-0.3, -0.25) is 0 Å². The van der Waals surface area contributed by atoms with Crippen molar-refractivity contribution in [1.82, 2.24) is 10.2 Å². The third-order valence-electron chi connectivity index (χ3n) is 2.29. The van der Waals surface area contributed by atoms with E-state index in [4.69, 9.17) is 0 Å². The molecule has 0 aromatic carbocycles. The third kappa shape index (κ3) is 2.81. The van der Waals surface area contributed by atoms with Gasteiger partial charge in [-0.05, 0) is 18.6 Å². The predicted molar refractivity (Wildman–Crippen MR) is 62.2 cm³/mol. The summed E-state index contributed by atoms with van der Waals surface area (Å²) in [5.74, 6) is -0.191. The Morgan fingerprint density at radius 2 is 1.53 bits per heavy atom. The van der Waals surface area contributed by atoms with Gasteiger partial charge >= 0.3 is 0 Å². The summed E-state index contributed by atoms with van der Waals surface area (Å²) in [6.45, 7) is 4.49. The Balaban J connectivity index is 3.40. The average molecular weight is 278 g/mol. The highest BCUT2D eigenvalue weighted by atomic mass is 32.2. The first kappa shape index (κ1) is 14.0. The van der Waals surface area contributed by atoms with Gasteiger partial charge in [0.2, 0.25) is 0 Å². The molecule has 0 spiro atoms. The summed E-state index contributed by atoms with van der Waals surface area (Å²) in [7, 11) is -6.92. The number of hydrogen-bond acceptors (Lipinski definition) is 6. The second-order valence-electron chi connectivity index (χ2n) is 3.48. The summed E-state index contributed by atoms with van der Waals surface area (Å²) < 4.78 is 46.3. The molecule has 1 aromatic rings. The van der Waals surface area contributed by atoms with Crippen molar-refractivity contribution >= 4 is 19.7 Å². The minimum Gasteiger partial charge on any atom is -0.222 e. The van der Waals surface area contributed by atoms with Crippen molar-refractivity contribution < 1.29 is 16.8 Å². The molecule has 0 saturated heterocycles. The maximum absolute atomic E-state index is 11.6. The van der Waals surface area contributed by atoms with Crippen molar-refractivity contribution in [3.05, 3.63) is 11.6 Å². The Kier molecular flexibility index (Phi) is 3.88. The molecule has 0 atom stereocenters. The van der Waals surface area contributed by atoms with E-state index < -0.39 is 19.7 Å². The standard InChI is InChI=1S/C9H14N2O4S2/c1-4-16(12,13)8-6-7(3)9(11-10-8)17(14,15)5-2/h6H,4-5H2,1-3H3. The third-order valence-corrected chi connectivity index (χ3v) is 5.64. The summed E-state index contributed by atoms with van der Waals surface area (Å²) >= 11 is 0. The van der Waals surface area contributed by atoms with E-state index >= 15 is 0 Å². The summed E-state index contributed by atoms with van der Waals surface area (Å²) in [6.07, 6.45) is 0. The lowest BCUT2D eigenvalue weighted by atomic mass is 10.4. The quantitative estimate of drug-likeness (QED) is 0.790. The van der Waals surface area contributed by atoms with Crippen LogP contribution in [0.2, 0.25) is 0 Å². The van der Waals surface area contributed by atoms with Gasteiger partial charge < -0.3 is 0 Å². The molecule has 0 aliphatic heterocycles. The second kappa shape index (κ2) is 4.69. The van der Waals surface area contributed by atoms with Crippen LogP contribution in [0.15, 0.2) is 16.1 Å². The van der Waals surface area contributed by atoms with Gasteiger partial charge in [-0.2, -0.15) is 0 Å². The summed E-state index contributed by atoms with van der Waals surface area (Å²) in [4.78, 5) is 0. The molecule has 1 heterocycles. The summed E-state index contributed by atoms with van der Waals surface area (Å²) in [6, 6.07) is 1.24. The smallest absolute Gasteiger partial charge is 0.197 e. The molecule has 17 heavy (non-hydrogen) atoms. The summed E-state index contributed by atoms with van der Waals surface area (Å²) in [5, 5.41) is 6.65. The Morgan fingerprint density at radius 3 is 1.94 bits per heavy atom. The molecule has 0 radical (unpaired) electrons. The fraction of sp³-hybridized carbons (Fsp3) is 0.556. The lowest BCUT2D eigenvalue weighted by molar-refractivity contribution is 0.579. The van der Waals surface area contributed by atoms with Gasteiger partial charge in [0, 0.05) is 0 Å². The Hall–Kier alpha value is -1.02. The maximum Gasteiger partial charge on any atom is 0.197 e. The van der Waals surface area contributed by atoms with Crippen LogP contribution in [0, 0.1) is 6.92 Å². The molecule has 8 heteroatoms. The minimum atomic E-state index is -3.47. The lowest BCUT2D eigenvalue weighted by Crippen LogP contribution is -2.13. The van der Waals surface area contributed by atoms with Gasteiger partial charge in [-0.1, -0.05) is 13.8 Å². The van der Waals surface area contributed by atoms with Crippen molar-refractivity contribution in [3.8, 4) is 0 Å². The predicted octanol–water partition coefficient (Wildman–Crippen LogP) is 0.372. The highest BCUT2D eigenvalue weighted by Crippen LogP contribution is 2.16. The number of rotatable bonds is 4. The highest BCUT2D eigenvalue weighted by Gasteiger charge is 2.21. The molecule has 0 aliphatic carbocycles. The Morgan fingerprint density at radius 1 is 1.00 bits per heavy atom. The maximum atomic E-state index is 11.6. The van der Waals surface area contributed by atoms with Gasteiger partial charge in [0.15, 0.2) is 29.7 Å². The molecule has 0 unspecified atom stereocenters. The molecule has 96 valence electrons. The van der Waals surface area contributed by atoms with Gasteiger partial charge in [-0.15, -0.1) is 10.2 Å². The van der Waals surface area contributed by atoms with Gasteiger partial charge in [0.05, 0.1) is 11.5 Å². The second-order valence-corrected chi connectivity index (χ2v) is 7.90. The average Bonchev–Trinajstić information content (AvgIpc) is 2.28.